The first-order valence-corrected chi connectivity index (χ1v) is 8.76. The zero-order valence-corrected chi connectivity index (χ0v) is 14.9. The average molecular weight is 386 g/mol. The number of thiophene rings is 1. The Hall–Kier alpha value is -3.33. The number of imide groups is 1. The number of benzene rings is 1. The van der Waals surface area contributed by atoms with Gasteiger partial charge in [0.15, 0.2) is 6.61 Å². The fourth-order valence-corrected chi connectivity index (χ4v) is 3.21. The molecule has 3 aromatic rings. The van der Waals surface area contributed by atoms with Crippen LogP contribution in [0, 0.1) is 5.82 Å². The second-order valence-corrected chi connectivity index (χ2v) is 6.21. The van der Waals surface area contributed by atoms with E-state index in [2.05, 4.69) is 27.2 Å². The molecule has 0 spiro atoms. The predicted octanol–water partition coefficient (Wildman–Crippen LogP) is 2.89. The van der Waals surface area contributed by atoms with Gasteiger partial charge >= 0.3 is 6.03 Å². The lowest BCUT2D eigenvalue weighted by molar-refractivity contribution is -0.122. The lowest BCUT2D eigenvalue weighted by Gasteiger charge is -2.08. The number of rotatable bonds is 6. The number of nitrogens with zero attached hydrogens (tertiary/aromatic N) is 2. The van der Waals surface area contributed by atoms with E-state index >= 15 is 0 Å². The molecule has 2 aromatic heterocycles. The van der Waals surface area contributed by atoms with Crippen LogP contribution >= 0.6 is 11.3 Å². The van der Waals surface area contributed by atoms with Crippen LogP contribution in [0.5, 0.6) is 5.88 Å². The van der Waals surface area contributed by atoms with Crippen molar-refractivity contribution in [3.05, 3.63) is 54.4 Å². The monoisotopic (exact) mass is 386 g/mol. The van der Waals surface area contributed by atoms with Gasteiger partial charge in [0, 0.05) is 17.5 Å². The van der Waals surface area contributed by atoms with Gasteiger partial charge in [-0.2, -0.15) is 0 Å². The van der Waals surface area contributed by atoms with E-state index in [1.54, 1.807) is 12.1 Å². The number of carbonyl (C=O) groups is 2. The first-order valence-electron chi connectivity index (χ1n) is 7.88. The maximum atomic E-state index is 13.2. The quantitative estimate of drug-likeness (QED) is 0.636. The minimum Gasteiger partial charge on any atom is -0.467 e. The summed E-state index contributed by atoms with van der Waals surface area (Å²) in [5, 5.41) is 7.04. The van der Waals surface area contributed by atoms with E-state index in [-0.39, 0.29) is 18.2 Å². The Bertz CT molecular complexity index is 988. The van der Waals surface area contributed by atoms with E-state index in [0.29, 0.717) is 10.2 Å². The van der Waals surface area contributed by atoms with E-state index in [1.165, 1.54) is 35.9 Å². The SMILES string of the molecule is C=CCNC(=O)NC(=O)COc1ncnc2scc(-c3ccc(F)cc3)c12. The smallest absolute Gasteiger partial charge is 0.321 e. The first-order chi connectivity index (χ1) is 13.1. The molecule has 0 saturated heterocycles. The van der Waals surface area contributed by atoms with Gasteiger partial charge in [0.1, 0.15) is 17.0 Å². The lowest BCUT2D eigenvalue weighted by Crippen LogP contribution is -2.41. The molecule has 0 aliphatic carbocycles. The number of hydrogen-bond acceptors (Lipinski definition) is 6. The van der Waals surface area contributed by atoms with E-state index in [1.807, 2.05) is 5.38 Å². The zero-order chi connectivity index (χ0) is 19.2. The van der Waals surface area contributed by atoms with Crippen LogP contribution in [-0.2, 0) is 4.79 Å². The molecule has 27 heavy (non-hydrogen) atoms. The van der Waals surface area contributed by atoms with Crippen LogP contribution in [0.1, 0.15) is 0 Å². The van der Waals surface area contributed by atoms with E-state index in [4.69, 9.17) is 4.74 Å². The molecular formula is C18H15FN4O3S. The fraction of sp³-hybridized carbons (Fsp3) is 0.111. The van der Waals surface area contributed by atoms with Gasteiger partial charge in [0.05, 0.1) is 5.39 Å². The lowest BCUT2D eigenvalue weighted by atomic mass is 10.1. The van der Waals surface area contributed by atoms with Gasteiger partial charge in [0.25, 0.3) is 5.91 Å². The number of ether oxygens (including phenoxy) is 1. The molecule has 2 N–H and O–H groups in total. The van der Waals surface area contributed by atoms with Crippen molar-refractivity contribution in [3.8, 4) is 17.0 Å². The molecule has 0 atom stereocenters. The summed E-state index contributed by atoms with van der Waals surface area (Å²) in [7, 11) is 0. The highest BCUT2D eigenvalue weighted by molar-refractivity contribution is 7.17. The Kier molecular flexibility index (Phi) is 5.72. The Morgan fingerprint density at radius 3 is 2.78 bits per heavy atom. The van der Waals surface area contributed by atoms with E-state index in [0.717, 1.165) is 11.1 Å². The van der Waals surface area contributed by atoms with Crippen LogP contribution in [-0.4, -0.2) is 35.1 Å². The molecule has 0 fully saturated rings. The highest BCUT2D eigenvalue weighted by Crippen LogP contribution is 2.37. The van der Waals surface area contributed by atoms with Crippen LogP contribution in [0.15, 0.2) is 48.6 Å². The molecule has 0 saturated carbocycles. The van der Waals surface area contributed by atoms with Crippen LogP contribution < -0.4 is 15.4 Å². The summed E-state index contributed by atoms with van der Waals surface area (Å²) >= 11 is 1.38. The number of urea groups is 1. The van der Waals surface area contributed by atoms with Crippen molar-refractivity contribution >= 4 is 33.5 Å². The molecule has 2 heterocycles. The molecule has 1 aromatic carbocycles. The van der Waals surface area contributed by atoms with Crippen molar-refractivity contribution in [2.45, 2.75) is 0 Å². The number of nitrogens with one attached hydrogen (secondary N) is 2. The van der Waals surface area contributed by atoms with Gasteiger partial charge in [-0.3, -0.25) is 10.1 Å². The Morgan fingerprint density at radius 1 is 1.26 bits per heavy atom. The molecule has 0 radical (unpaired) electrons. The Balaban J connectivity index is 1.78. The van der Waals surface area contributed by atoms with Crippen LogP contribution in [0.25, 0.3) is 21.3 Å². The molecule has 3 rings (SSSR count). The van der Waals surface area contributed by atoms with E-state index < -0.39 is 18.5 Å². The van der Waals surface area contributed by atoms with Crippen molar-refractivity contribution in [2.75, 3.05) is 13.2 Å². The summed E-state index contributed by atoms with van der Waals surface area (Å²) in [6.45, 7) is 3.31. The maximum absolute atomic E-state index is 13.2. The standard InChI is InChI=1S/C18H15FN4O3S/c1-2-7-20-18(25)23-14(24)8-26-16-15-13(9-27-17(15)22-10-21-16)11-3-5-12(19)6-4-11/h2-6,9-10H,1,7-8H2,(H2,20,23,24,25). The summed E-state index contributed by atoms with van der Waals surface area (Å²) in [5.41, 5.74) is 1.55. The number of halogens is 1. The van der Waals surface area contributed by atoms with Gasteiger partial charge in [-0.1, -0.05) is 18.2 Å². The maximum Gasteiger partial charge on any atom is 0.321 e. The minimum absolute atomic E-state index is 0.210. The number of carbonyl (C=O) groups excluding carboxylic acids is 2. The van der Waals surface area contributed by atoms with Gasteiger partial charge in [-0.15, -0.1) is 17.9 Å². The first kappa shape index (κ1) is 18.5. The van der Waals surface area contributed by atoms with Crippen molar-refractivity contribution in [1.29, 1.82) is 0 Å². The molecule has 0 unspecified atom stereocenters. The third-order valence-corrected chi connectivity index (χ3v) is 4.38. The third kappa shape index (κ3) is 4.45. The van der Waals surface area contributed by atoms with Crippen LogP contribution in [0.2, 0.25) is 0 Å². The molecule has 138 valence electrons. The highest BCUT2D eigenvalue weighted by Gasteiger charge is 2.16. The van der Waals surface area contributed by atoms with E-state index in [9.17, 15) is 14.0 Å². The van der Waals surface area contributed by atoms with Gasteiger partial charge in [0.2, 0.25) is 5.88 Å². The largest absolute Gasteiger partial charge is 0.467 e. The van der Waals surface area contributed by atoms with Gasteiger partial charge < -0.3 is 10.1 Å². The summed E-state index contributed by atoms with van der Waals surface area (Å²) in [4.78, 5) is 32.3. The van der Waals surface area contributed by atoms with Crippen molar-refractivity contribution in [1.82, 2.24) is 20.6 Å². The molecular weight excluding hydrogens is 371 g/mol. The van der Waals surface area contributed by atoms with Crippen LogP contribution in [0.4, 0.5) is 9.18 Å². The topological polar surface area (TPSA) is 93.2 Å². The number of aromatic nitrogens is 2. The molecule has 7 nitrogen and oxygen atoms in total. The summed E-state index contributed by atoms with van der Waals surface area (Å²) < 4.78 is 18.7. The fourth-order valence-electron chi connectivity index (χ4n) is 2.30. The normalized spacial score (nSPS) is 10.4. The average Bonchev–Trinajstić information content (AvgIpc) is 3.10. The third-order valence-electron chi connectivity index (χ3n) is 3.49. The van der Waals surface area contributed by atoms with Crippen molar-refractivity contribution in [2.24, 2.45) is 0 Å². The number of amides is 3. The second kappa shape index (κ2) is 8.37. The molecule has 0 aliphatic heterocycles. The summed E-state index contributed by atoms with van der Waals surface area (Å²) in [5.74, 6) is -0.749. The summed E-state index contributed by atoms with van der Waals surface area (Å²) in [6.07, 6.45) is 2.82. The zero-order valence-electron chi connectivity index (χ0n) is 14.1. The minimum atomic E-state index is -0.640. The molecule has 3 amide bonds. The highest BCUT2D eigenvalue weighted by atomic mass is 32.1. The van der Waals surface area contributed by atoms with Gasteiger partial charge in [-0.25, -0.2) is 19.2 Å². The Labute approximate surface area is 157 Å². The van der Waals surface area contributed by atoms with Crippen LogP contribution in [0.3, 0.4) is 0 Å². The number of fused-ring (bicyclic) bond motifs is 1. The van der Waals surface area contributed by atoms with Crippen molar-refractivity contribution in [3.63, 3.8) is 0 Å². The Morgan fingerprint density at radius 2 is 2.04 bits per heavy atom. The molecule has 0 bridgehead atoms. The second-order valence-electron chi connectivity index (χ2n) is 5.35. The van der Waals surface area contributed by atoms with Gasteiger partial charge in [-0.05, 0) is 17.7 Å². The molecule has 0 aliphatic rings. The van der Waals surface area contributed by atoms with Crippen molar-refractivity contribution < 1.29 is 18.7 Å². The predicted molar refractivity (Wildman–Crippen MR) is 100 cm³/mol. The number of hydrogen-bond donors (Lipinski definition) is 2. The summed E-state index contributed by atoms with van der Waals surface area (Å²) in [6, 6.07) is 5.37. The molecule has 9 heteroatoms.